The van der Waals surface area contributed by atoms with Crippen LogP contribution in [0.15, 0.2) is 42.6 Å². The second-order valence-corrected chi connectivity index (χ2v) is 5.39. The molecular formula is C17H19N3. The van der Waals surface area contributed by atoms with Crippen molar-refractivity contribution in [2.45, 2.75) is 38.3 Å². The summed E-state index contributed by atoms with van der Waals surface area (Å²) in [6.07, 6.45) is 7.39. The molecule has 1 saturated carbocycles. The fourth-order valence-corrected chi connectivity index (χ4v) is 2.89. The highest BCUT2D eigenvalue weighted by atomic mass is 15.0. The lowest BCUT2D eigenvalue weighted by Crippen LogP contribution is -2.26. The Hall–Kier alpha value is -2.05. The van der Waals surface area contributed by atoms with Crippen LogP contribution in [-0.2, 0) is 6.54 Å². The fourth-order valence-electron chi connectivity index (χ4n) is 2.89. The van der Waals surface area contributed by atoms with Crippen LogP contribution in [0.1, 0.15) is 36.9 Å². The third-order valence-corrected chi connectivity index (χ3v) is 4.03. The van der Waals surface area contributed by atoms with E-state index in [4.69, 9.17) is 5.26 Å². The van der Waals surface area contributed by atoms with Crippen LogP contribution in [0, 0.1) is 11.3 Å². The Labute approximate surface area is 119 Å². The number of nitrogens with one attached hydrogen (secondary N) is 1. The molecule has 3 rings (SSSR count). The third-order valence-electron chi connectivity index (χ3n) is 4.03. The molecule has 3 nitrogen and oxygen atoms in total. The molecule has 102 valence electrons. The first kappa shape index (κ1) is 13.0. The molecule has 0 unspecified atom stereocenters. The smallest absolute Gasteiger partial charge is 0.0991 e. The van der Waals surface area contributed by atoms with E-state index in [1.807, 2.05) is 24.3 Å². The van der Waals surface area contributed by atoms with Crippen LogP contribution >= 0.6 is 0 Å². The van der Waals surface area contributed by atoms with Gasteiger partial charge in [-0.2, -0.15) is 5.26 Å². The van der Waals surface area contributed by atoms with Gasteiger partial charge in [0.25, 0.3) is 0 Å². The van der Waals surface area contributed by atoms with Crippen molar-refractivity contribution in [3.8, 4) is 11.8 Å². The molecule has 2 aromatic rings. The normalized spacial score (nSPS) is 15.3. The predicted octanol–water partition coefficient (Wildman–Crippen LogP) is 3.38. The lowest BCUT2D eigenvalue weighted by Gasteiger charge is -2.14. The zero-order valence-corrected chi connectivity index (χ0v) is 11.5. The Balaban J connectivity index is 1.73. The van der Waals surface area contributed by atoms with Gasteiger partial charge in [0.2, 0.25) is 0 Å². The monoisotopic (exact) mass is 265 g/mol. The van der Waals surface area contributed by atoms with Crippen LogP contribution in [0.25, 0.3) is 5.69 Å². The summed E-state index contributed by atoms with van der Waals surface area (Å²) < 4.78 is 2.18. The molecule has 1 fully saturated rings. The molecule has 1 aliphatic rings. The molecule has 1 aromatic heterocycles. The lowest BCUT2D eigenvalue weighted by molar-refractivity contribution is 0.516. The second kappa shape index (κ2) is 5.94. The van der Waals surface area contributed by atoms with Gasteiger partial charge < -0.3 is 9.88 Å². The Morgan fingerprint density at radius 3 is 2.60 bits per heavy atom. The molecule has 0 aliphatic heterocycles. The number of hydrogen-bond donors (Lipinski definition) is 1. The molecule has 1 aliphatic carbocycles. The highest BCUT2D eigenvalue weighted by molar-refractivity contribution is 5.41. The lowest BCUT2D eigenvalue weighted by atomic mass is 10.2. The summed E-state index contributed by atoms with van der Waals surface area (Å²) in [6.45, 7) is 0.900. The molecule has 1 aromatic carbocycles. The van der Waals surface area contributed by atoms with E-state index in [-0.39, 0.29) is 0 Å². The molecule has 0 radical (unpaired) electrons. The van der Waals surface area contributed by atoms with E-state index in [1.165, 1.54) is 31.4 Å². The van der Waals surface area contributed by atoms with Crippen LogP contribution in [0.2, 0.25) is 0 Å². The summed E-state index contributed by atoms with van der Waals surface area (Å²) in [5.41, 5.74) is 3.07. The van der Waals surface area contributed by atoms with E-state index in [9.17, 15) is 0 Å². The number of rotatable bonds is 4. The maximum atomic E-state index is 8.85. The maximum Gasteiger partial charge on any atom is 0.0991 e. The molecule has 0 atom stereocenters. The molecule has 1 heterocycles. The number of nitriles is 1. The van der Waals surface area contributed by atoms with Crippen molar-refractivity contribution in [1.29, 1.82) is 5.26 Å². The van der Waals surface area contributed by atoms with Crippen molar-refractivity contribution in [1.82, 2.24) is 9.88 Å². The van der Waals surface area contributed by atoms with Crippen LogP contribution in [0.3, 0.4) is 0 Å². The van der Waals surface area contributed by atoms with Crippen molar-refractivity contribution >= 4 is 0 Å². The zero-order chi connectivity index (χ0) is 13.8. The molecule has 1 N–H and O–H groups in total. The van der Waals surface area contributed by atoms with Crippen molar-refractivity contribution in [2.24, 2.45) is 0 Å². The van der Waals surface area contributed by atoms with E-state index >= 15 is 0 Å². The molecular weight excluding hydrogens is 246 g/mol. The van der Waals surface area contributed by atoms with Crippen LogP contribution in [-0.4, -0.2) is 10.6 Å². The molecule has 0 amide bonds. The summed E-state index contributed by atoms with van der Waals surface area (Å²) in [5, 5.41) is 12.5. The minimum atomic E-state index is 0.680. The average molecular weight is 265 g/mol. The van der Waals surface area contributed by atoms with E-state index < -0.39 is 0 Å². The third kappa shape index (κ3) is 2.76. The number of benzene rings is 1. The highest BCUT2D eigenvalue weighted by Gasteiger charge is 2.14. The minimum absolute atomic E-state index is 0.680. The van der Waals surface area contributed by atoms with Gasteiger partial charge in [-0.25, -0.2) is 0 Å². The molecule has 0 saturated heterocycles. The summed E-state index contributed by atoms with van der Waals surface area (Å²) in [4.78, 5) is 0. The molecule has 20 heavy (non-hydrogen) atoms. The Kier molecular flexibility index (Phi) is 3.85. The Morgan fingerprint density at radius 2 is 1.90 bits per heavy atom. The fraction of sp³-hybridized carbons (Fsp3) is 0.353. The van der Waals surface area contributed by atoms with Gasteiger partial charge in [-0.05, 0) is 49.2 Å². The van der Waals surface area contributed by atoms with Gasteiger partial charge in [-0.15, -0.1) is 0 Å². The Bertz CT molecular complexity index is 598. The number of aromatic nitrogens is 1. The van der Waals surface area contributed by atoms with Crippen molar-refractivity contribution in [3.05, 3.63) is 53.9 Å². The van der Waals surface area contributed by atoms with Crippen molar-refractivity contribution < 1.29 is 0 Å². The van der Waals surface area contributed by atoms with Gasteiger partial charge in [-0.3, -0.25) is 0 Å². The summed E-state index contributed by atoms with van der Waals surface area (Å²) in [7, 11) is 0. The second-order valence-electron chi connectivity index (χ2n) is 5.39. The first-order valence-electron chi connectivity index (χ1n) is 7.27. The van der Waals surface area contributed by atoms with Gasteiger partial charge in [0.05, 0.1) is 11.6 Å². The molecule has 0 spiro atoms. The first-order valence-corrected chi connectivity index (χ1v) is 7.27. The largest absolute Gasteiger partial charge is 0.320 e. The summed E-state index contributed by atoms with van der Waals surface area (Å²) >= 11 is 0. The zero-order valence-electron chi connectivity index (χ0n) is 11.5. The minimum Gasteiger partial charge on any atom is -0.320 e. The standard InChI is InChI=1S/C17H19N3/c18-12-14-7-9-16(10-8-14)20-11-3-6-17(20)13-19-15-4-1-2-5-15/h3,6-11,15,19H,1-2,4-5,13H2. The SMILES string of the molecule is N#Cc1ccc(-n2cccc2CNC2CCCC2)cc1. The van der Waals surface area contributed by atoms with Gasteiger partial charge in [-0.1, -0.05) is 12.8 Å². The quantitative estimate of drug-likeness (QED) is 0.920. The van der Waals surface area contributed by atoms with E-state index in [0.717, 1.165) is 12.2 Å². The van der Waals surface area contributed by atoms with Gasteiger partial charge in [0, 0.05) is 30.2 Å². The highest BCUT2D eigenvalue weighted by Crippen LogP contribution is 2.19. The summed E-state index contributed by atoms with van der Waals surface area (Å²) in [5.74, 6) is 0. The number of nitrogens with zero attached hydrogens (tertiary/aromatic N) is 2. The van der Waals surface area contributed by atoms with Gasteiger partial charge >= 0.3 is 0 Å². The van der Waals surface area contributed by atoms with Crippen molar-refractivity contribution in [2.75, 3.05) is 0 Å². The molecule has 3 heteroatoms. The predicted molar refractivity (Wildman–Crippen MR) is 79.6 cm³/mol. The van der Waals surface area contributed by atoms with E-state index in [1.54, 1.807) is 0 Å². The first-order chi connectivity index (χ1) is 9.86. The van der Waals surface area contributed by atoms with Gasteiger partial charge in [0.15, 0.2) is 0 Å². The van der Waals surface area contributed by atoms with Crippen molar-refractivity contribution in [3.63, 3.8) is 0 Å². The van der Waals surface area contributed by atoms with Gasteiger partial charge in [0.1, 0.15) is 0 Å². The topological polar surface area (TPSA) is 40.8 Å². The number of hydrogen-bond acceptors (Lipinski definition) is 2. The Morgan fingerprint density at radius 1 is 1.15 bits per heavy atom. The van der Waals surface area contributed by atoms with Crippen LogP contribution in [0.5, 0.6) is 0 Å². The maximum absolute atomic E-state index is 8.85. The van der Waals surface area contributed by atoms with E-state index in [0.29, 0.717) is 11.6 Å². The molecule has 0 bridgehead atoms. The van der Waals surface area contributed by atoms with Crippen LogP contribution in [0.4, 0.5) is 0 Å². The van der Waals surface area contributed by atoms with Crippen LogP contribution < -0.4 is 5.32 Å². The average Bonchev–Trinajstić information content (AvgIpc) is 3.16. The van der Waals surface area contributed by atoms with E-state index in [2.05, 4.69) is 34.3 Å². The summed E-state index contributed by atoms with van der Waals surface area (Å²) in [6, 6.07) is 14.8.